The van der Waals surface area contributed by atoms with Crippen LogP contribution >= 0.6 is 11.8 Å². The van der Waals surface area contributed by atoms with E-state index in [4.69, 9.17) is 4.74 Å². The van der Waals surface area contributed by atoms with E-state index in [1.165, 1.54) is 6.42 Å². The number of hydrogen-bond acceptors (Lipinski definition) is 4. The van der Waals surface area contributed by atoms with Crippen molar-refractivity contribution in [3.8, 4) is 0 Å². The Labute approximate surface area is 94.2 Å². The van der Waals surface area contributed by atoms with Gasteiger partial charge in [0.15, 0.2) is 5.16 Å². The van der Waals surface area contributed by atoms with Crippen LogP contribution in [0.15, 0.2) is 17.6 Å². The van der Waals surface area contributed by atoms with Crippen molar-refractivity contribution in [2.75, 3.05) is 32.1 Å². The highest BCUT2D eigenvalue weighted by molar-refractivity contribution is 7.99. The standard InChI is InChI=1S/C10H17N3OS/c1-5-14-8-9(1)7-11-4-6-15-10-12-2-3-13-10/h2-3,9,11H,1,4-8H2,(H,12,13). The van der Waals surface area contributed by atoms with Crippen LogP contribution in [0, 0.1) is 5.92 Å². The molecule has 2 heterocycles. The molecule has 2 rings (SSSR count). The van der Waals surface area contributed by atoms with Gasteiger partial charge >= 0.3 is 0 Å². The van der Waals surface area contributed by atoms with Crippen molar-refractivity contribution in [2.24, 2.45) is 5.92 Å². The monoisotopic (exact) mass is 227 g/mol. The summed E-state index contributed by atoms with van der Waals surface area (Å²) in [7, 11) is 0. The molecule has 5 heteroatoms. The van der Waals surface area contributed by atoms with Crippen molar-refractivity contribution in [1.82, 2.24) is 15.3 Å². The van der Waals surface area contributed by atoms with Crippen molar-refractivity contribution in [1.29, 1.82) is 0 Å². The van der Waals surface area contributed by atoms with E-state index in [0.29, 0.717) is 0 Å². The zero-order valence-corrected chi connectivity index (χ0v) is 9.55. The Kier molecular flexibility index (Phi) is 4.50. The first kappa shape index (κ1) is 11.0. The van der Waals surface area contributed by atoms with Gasteiger partial charge in [0, 0.05) is 37.8 Å². The molecular formula is C10H17N3OS. The molecule has 1 unspecified atom stereocenters. The Balaban J connectivity index is 1.48. The lowest BCUT2D eigenvalue weighted by atomic mass is 10.1. The molecule has 0 aliphatic carbocycles. The minimum Gasteiger partial charge on any atom is -0.381 e. The van der Waals surface area contributed by atoms with Gasteiger partial charge in [0.05, 0.1) is 6.61 Å². The van der Waals surface area contributed by atoms with Gasteiger partial charge in [-0.1, -0.05) is 11.8 Å². The van der Waals surface area contributed by atoms with Crippen molar-refractivity contribution in [3.63, 3.8) is 0 Å². The molecule has 4 nitrogen and oxygen atoms in total. The first-order valence-corrected chi connectivity index (χ1v) is 6.34. The van der Waals surface area contributed by atoms with Gasteiger partial charge in [-0.05, 0) is 12.3 Å². The first-order chi connectivity index (χ1) is 7.45. The van der Waals surface area contributed by atoms with Gasteiger partial charge in [0.25, 0.3) is 0 Å². The van der Waals surface area contributed by atoms with Crippen LogP contribution in [0.4, 0.5) is 0 Å². The molecule has 1 aliphatic rings. The number of thioether (sulfide) groups is 1. The highest BCUT2D eigenvalue weighted by atomic mass is 32.2. The third kappa shape index (κ3) is 3.85. The van der Waals surface area contributed by atoms with E-state index in [1.807, 2.05) is 6.20 Å². The lowest BCUT2D eigenvalue weighted by Gasteiger charge is -2.08. The van der Waals surface area contributed by atoms with E-state index in [2.05, 4.69) is 15.3 Å². The second kappa shape index (κ2) is 6.15. The molecule has 2 N–H and O–H groups in total. The molecule has 0 aromatic carbocycles. The number of nitrogens with zero attached hydrogens (tertiary/aromatic N) is 1. The molecule has 0 spiro atoms. The Bertz CT molecular complexity index is 260. The predicted octanol–water partition coefficient (Wildman–Crippen LogP) is 1.13. The summed E-state index contributed by atoms with van der Waals surface area (Å²) < 4.78 is 5.31. The SMILES string of the molecule is c1c[nH]c(SCCNCC2CCOC2)n1. The lowest BCUT2D eigenvalue weighted by Crippen LogP contribution is -2.25. The van der Waals surface area contributed by atoms with Gasteiger partial charge < -0.3 is 15.0 Å². The lowest BCUT2D eigenvalue weighted by molar-refractivity contribution is 0.185. The van der Waals surface area contributed by atoms with Crippen LogP contribution in [0.3, 0.4) is 0 Å². The molecule has 1 saturated heterocycles. The van der Waals surface area contributed by atoms with E-state index in [-0.39, 0.29) is 0 Å². The number of imidazole rings is 1. The summed E-state index contributed by atoms with van der Waals surface area (Å²) in [6, 6.07) is 0. The van der Waals surface area contributed by atoms with E-state index < -0.39 is 0 Å². The zero-order valence-electron chi connectivity index (χ0n) is 8.74. The van der Waals surface area contributed by atoms with Crippen LogP contribution in [0.1, 0.15) is 6.42 Å². The number of ether oxygens (including phenoxy) is 1. The number of nitrogens with one attached hydrogen (secondary N) is 2. The number of aromatic amines is 1. The van der Waals surface area contributed by atoms with Gasteiger partial charge in [-0.3, -0.25) is 0 Å². The van der Waals surface area contributed by atoms with Crippen LogP contribution in [-0.2, 0) is 4.74 Å². The summed E-state index contributed by atoms with van der Waals surface area (Å²) in [5.41, 5.74) is 0. The fourth-order valence-electron chi connectivity index (χ4n) is 1.60. The average Bonchev–Trinajstić information content (AvgIpc) is 2.88. The minimum absolute atomic E-state index is 0.721. The van der Waals surface area contributed by atoms with E-state index in [1.54, 1.807) is 18.0 Å². The maximum absolute atomic E-state index is 5.31. The highest BCUT2D eigenvalue weighted by Crippen LogP contribution is 2.12. The smallest absolute Gasteiger partial charge is 0.165 e. The van der Waals surface area contributed by atoms with Crippen LogP contribution in [0.25, 0.3) is 0 Å². The third-order valence-corrected chi connectivity index (χ3v) is 3.35. The summed E-state index contributed by atoms with van der Waals surface area (Å²) in [6.07, 6.45) is 4.84. The van der Waals surface area contributed by atoms with Crippen LogP contribution in [-0.4, -0.2) is 42.0 Å². The molecule has 0 saturated carbocycles. The summed E-state index contributed by atoms with van der Waals surface area (Å²) in [5, 5.41) is 4.45. The van der Waals surface area contributed by atoms with Crippen LogP contribution < -0.4 is 5.32 Å². The Morgan fingerprint density at radius 1 is 1.67 bits per heavy atom. The molecule has 15 heavy (non-hydrogen) atoms. The molecule has 1 aromatic rings. The summed E-state index contributed by atoms with van der Waals surface area (Å²) in [5.74, 6) is 1.78. The molecule has 0 radical (unpaired) electrons. The first-order valence-electron chi connectivity index (χ1n) is 5.36. The summed E-state index contributed by atoms with van der Waals surface area (Å²) >= 11 is 1.75. The average molecular weight is 227 g/mol. The van der Waals surface area contributed by atoms with Gasteiger partial charge in [-0.25, -0.2) is 4.98 Å². The molecule has 1 aliphatic heterocycles. The normalized spacial score (nSPS) is 20.9. The summed E-state index contributed by atoms with van der Waals surface area (Å²) in [6.45, 7) is 3.98. The molecule has 0 amide bonds. The number of hydrogen-bond donors (Lipinski definition) is 2. The Morgan fingerprint density at radius 3 is 3.40 bits per heavy atom. The van der Waals surface area contributed by atoms with E-state index in [0.717, 1.165) is 43.1 Å². The molecule has 1 fully saturated rings. The number of rotatable bonds is 6. The van der Waals surface area contributed by atoms with Crippen LogP contribution in [0.5, 0.6) is 0 Å². The summed E-state index contributed by atoms with van der Waals surface area (Å²) in [4.78, 5) is 7.22. The van der Waals surface area contributed by atoms with Gasteiger partial charge in [0.1, 0.15) is 0 Å². The number of H-pyrrole nitrogens is 1. The zero-order chi connectivity index (χ0) is 10.3. The molecule has 1 atom stereocenters. The maximum Gasteiger partial charge on any atom is 0.165 e. The fraction of sp³-hybridized carbons (Fsp3) is 0.700. The van der Waals surface area contributed by atoms with Crippen molar-refractivity contribution < 1.29 is 4.74 Å². The van der Waals surface area contributed by atoms with Crippen LogP contribution in [0.2, 0.25) is 0 Å². The predicted molar refractivity (Wildman–Crippen MR) is 61.1 cm³/mol. The Hall–Kier alpha value is -0.520. The maximum atomic E-state index is 5.31. The molecule has 1 aromatic heterocycles. The topological polar surface area (TPSA) is 49.9 Å². The largest absolute Gasteiger partial charge is 0.381 e. The van der Waals surface area contributed by atoms with E-state index >= 15 is 0 Å². The molecular weight excluding hydrogens is 210 g/mol. The minimum atomic E-state index is 0.721. The third-order valence-electron chi connectivity index (χ3n) is 2.45. The highest BCUT2D eigenvalue weighted by Gasteiger charge is 2.14. The van der Waals surface area contributed by atoms with Gasteiger partial charge in [-0.15, -0.1) is 0 Å². The fourth-order valence-corrected chi connectivity index (χ4v) is 2.33. The van der Waals surface area contributed by atoms with Crippen molar-refractivity contribution in [2.45, 2.75) is 11.6 Å². The number of aromatic nitrogens is 2. The second-order valence-electron chi connectivity index (χ2n) is 3.68. The van der Waals surface area contributed by atoms with Gasteiger partial charge in [-0.2, -0.15) is 0 Å². The van der Waals surface area contributed by atoms with Crippen molar-refractivity contribution in [3.05, 3.63) is 12.4 Å². The molecule has 84 valence electrons. The second-order valence-corrected chi connectivity index (χ2v) is 4.76. The van der Waals surface area contributed by atoms with Gasteiger partial charge in [0.2, 0.25) is 0 Å². The van der Waals surface area contributed by atoms with E-state index in [9.17, 15) is 0 Å². The quantitative estimate of drug-likeness (QED) is 0.565. The van der Waals surface area contributed by atoms with Crippen molar-refractivity contribution >= 4 is 11.8 Å². The molecule has 0 bridgehead atoms. The Morgan fingerprint density at radius 2 is 2.67 bits per heavy atom.